The van der Waals surface area contributed by atoms with Gasteiger partial charge in [-0.05, 0) is 59.5 Å². The predicted octanol–water partition coefficient (Wildman–Crippen LogP) is 3.97. The lowest BCUT2D eigenvalue weighted by atomic mass is 10.1. The van der Waals surface area contributed by atoms with Crippen molar-refractivity contribution in [3.05, 3.63) is 56.9 Å². The Kier molecular flexibility index (Phi) is 5.94. The van der Waals surface area contributed by atoms with E-state index in [-0.39, 0.29) is 10.1 Å². The molecule has 2 aromatic carbocycles. The third kappa shape index (κ3) is 4.61. The first-order valence-electron chi connectivity index (χ1n) is 6.88. The average molecular weight is 488 g/mol. The van der Waals surface area contributed by atoms with Crippen molar-refractivity contribution < 1.29 is 26.0 Å². The molecule has 136 valence electrons. The van der Waals surface area contributed by atoms with Crippen LogP contribution in [0.15, 0.2) is 41.3 Å². The van der Waals surface area contributed by atoms with Crippen LogP contribution in [0.1, 0.15) is 11.1 Å². The van der Waals surface area contributed by atoms with Crippen LogP contribution in [0.3, 0.4) is 0 Å². The van der Waals surface area contributed by atoms with Crippen molar-refractivity contribution in [3.63, 3.8) is 0 Å². The zero-order valence-electron chi connectivity index (χ0n) is 12.8. The summed E-state index contributed by atoms with van der Waals surface area (Å²) in [4.78, 5) is -0.473. The molecule has 0 radical (unpaired) electrons. The zero-order valence-corrected chi connectivity index (χ0v) is 15.8. The van der Waals surface area contributed by atoms with E-state index < -0.39 is 32.5 Å². The van der Waals surface area contributed by atoms with Crippen molar-refractivity contribution in [2.45, 2.75) is 17.6 Å². The quantitative estimate of drug-likeness (QED) is 0.495. The molecule has 2 rings (SSSR count). The number of rotatable bonds is 5. The van der Waals surface area contributed by atoms with Gasteiger partial charge in [-0.2, -0.15) is 13.2 Å². The second kappa shape index (κ2) is 7.46. The molecule has 0 unspecified atom stereocenters. The highest BCUT2D eigenvalue weighted by molar-refractivity contribution is 14.1. The molecule has 0 fully saturated rings. The lowest BCUT2D eigenvalue weighted by Gasteiger charge is -2.13. The largest absolute Gasteiger partial charge is 0.416 e. The van der Waals surface area contributed by atoms with Gasteiger partial charge in [0.15, 0.2) is 5.82 Å². The van der Waals surface area contributed by atoms with Gasteiger partial charge in [-0.25, -0.2) is 17.5 Å². The normalized spacial score (nSPS) is 12.2. The van der Waals surface area contributed by atoms with Crippen molar-refractivity contribution in [2.24, 2.45) is 0 Å². The SMILES string of the molecule is CNS(=O)(=O)c1ccc(NCc2ccc(C(F)(F)F)cc2)c(I)c1F. The monoisotopic (exact) mass is 488 g/mol. The number of hydrogen-bond donors (Lipinski definition) is 2. The second-order valence-corrected chi connectivity index (χ2v) is 7.93. The first-order valence-corrected chi connectivity index (χ1v) is 9.44. The fourth-order valence-electron chi connectivity index (χ4n) is 1.99. The molecule has 10 heteroatoms. The Morgan fingerprint density at radius 3 is 2.20 bits per heavy atom. The summed E-state index contributed by atoms with van der Waals surface area (Å²) in [5.74, 6) is -0.896. The summed E-state index contributed by atoms with van der Waals surface area (Å²) < 4.78 is 77.3. The highest BCUT2D eigenvalue weighted by Crippen LogP contribution is 2.30. The van der Waals surface area contributed by atoms with Crippen LogP contribution in [0.4, 0.5) is 23.2 Å². The Morgan fingerprint density at radius 1 is 1.08 bits per heavy atom. The number of alkyl halides is 3. The number of halogens is 5. The van der Waals surface area contributed by atoms with Gasteiger partial charge >= 0.3 is 6.18 Å². The van der Waals surface area contributed by atoms with E-state index in [9.17, 15) is 26.0 Å². The maximum Gasteiger partial charge on any atom is 0.416 e. The molecule has 0 saturated heterocycles. The van der Waals surface area contributed by atoms with Gasteiger partial charge in [0.05, 0.1) is 14.8 Å². The Balaban J connectivity index is 2.18. The number of nitrogens with one attached hydrogen (secondary N) is 2. The summed E-state index contributed by atoms with van der Waals surface area (Å²) >= 11 is 1.67. The number of benzene rings is 2. The lowest BCUT2D eigenvalue weighted by Crippen LogP contribution is -2.20. The van der Waals surface area contributed by atoms with Gasteiger partial charge in [-0.1, -0.05) is 12.1 Å². The van der Waals surface area contributed by atoms with Crippen molar-refractivity contribution in [3.8, 4) is 0 Å². The third-order valence-electron chi connectivity index (χ3n) is 3.37. The Bertz CT molecular complexity index is 868. The minimum absolute atomic E-state index is 0.0702. The van der Waals surface area contributed by atoms with Crippen LogP contribution in [0.25, 0.3) is 0 Å². The minimum atomic E-state index is -4.40. The van der Waals surface area contributed by atoms with Crippen molar-refractivity contribution in [2.75, 3.05) is 12.4 Å². The van der Waals surface area contributed by atoms with Crippen LogP contribution in [0.2, 0.25) is 0 Å². The minimum Gasteiger partial charge on any atom is -0.380 e. The van der Waals surface area contributed by atoms with E-state index in [0.29, 0.717) is 11.3 Å². The van der Waals surface area contributed by atoms with Crippen LogP contribution >= 0.6 is 22.6 Å². The molecule has 0 saturated carbocycles. The molecule has 0 atom stereocenters. The van der Waals surface area contributed by atoms with E-state index in [1.807, 2.05) is 4.72 Å². The van der Waals surface area contributed by atoms with Crippen molar-refractivity contribution in [1.29, 1.82) is 0 Å². The van der Waals surface area contributed by atoms with E-state index in [4.69, 9.17) is 0 Å². The fraction of sp³-hybridized carbons (Fsp3) is 0.200. The fourth-order valence-corrected chi connectivity index (χ4v) is 3.64. The highest BCUT2D eigenvalue weighted by Gasteiger charge is 2.29. The average Bonchev–Trinajstić information content (AvgIpc) is 2.55. The third-order valence-corrected chi connectivity index (χ3v) is 5.86. The Morgan fingerprint density at radius 2 is 1.68 bits per heavy atom. The highest BCUT2D eigenvalue weighted by atomic mass is 127. The standard InChI is InChI=1S/C15H13F4IN2O2S/c1-21-25(23,24)12-7-6-11(14(20)13(12)16)22-8-9-2-4-10(5-3-9)15(17,18)19/h2-7,21-22H,8H2,1H3. The van der Waals surface area contributed by atoms with Gasteiger partial charge in [0.2, 0.25) is 10.0 Å². The molecule has 0 aliphatic rings. The maximum absolute atomic E-state index is 14.3. The zero-order chi connectivity index (χ0) is 18.8. The smallest absolute Gasteiger partial charge is 0.380 e. The van der Waals surface area contributed by atoms with E-state index in [2.05, 4.69) is 5.32 Å². The lowest BCUT2D eigenvalue weighted by molar-refractivity contribution is -0.137. The molecule has 0 heterocycles. The van der Waals surface area contributed by atoms with Gasteiger partial charge < -0.3 is 5.32 Å². The first-order chi connectivity index (χ1) is 11.6. The van der Waals surface area contributed by atoms with Crippen molar-refractivity contribution in [1.82, 2.24) is 4.72 Å². The topological polar surface area (TPSA) is 58.2 Å². The molecule has 0 aliphatic carbocycles. The number of anilines is 1. The molecule has 0 spiro atoms. The van der Waals surface area contributed by atoms with Gasteiger partial charge in [-0.3, -0.25) is 0 Å². The van der Waals surface area contributed by atoms with Crippen LogP contribution in [0, 0.1) is 9.39 Å². The van der Waals surface area contributed by atoms with E-state index in [1.54, 1.807) is 22.6 Å². The summed E-state index contributed by atoms with van der Waals surface area (Å²) in [6.45, 7) is 0.158. The van der Waals surface area contributed by atoms with Gasteiger partial charge in [0.1, 0.15) is 4.90 Å². The molecule has 0 bridgehead atoms. The molecular weight excluding hydrogens is 475 g/mol. The molecule has 0 aromatic heterocycles. The summed E-state index contributed by atoms with van der Waals surface area (Å²) in [5.41, 5.74) is 0.155. The van der Waals surface area contributed by atoms with E-state index in [1.165, 1.54) is 25.2 Å². The van der Waals surface area contributed by atoms with Gasteiger partial charge in [-0.15, -0.1) is 0 Å². The Labute approximate surface area is 155 Å². The number of sulfonamides is 1. The maximum atomic E-state index is 14.3. The second-order valence-electron chi connectivity index (χ2n) is 5.00. The summed E-state index contributed by atoms with van der Waals surface area (Å²) in [7, 11) is -2.74. The van der Waals surface area contributed by atoms with E-state index >= 15 is 0 Å². The molecule has 2 aromatic rings. The number of hydrogen-bond acceptors (Lipinski definition) is 3. The van der Waals surface area contributed by atoms with Crippen LogP contribution < -0.4 is 10.0 Å². The molecule has 0 aliphatic heterocycles. The Hall–Kier alpha value is -1.40. The first kappa shape index (κ1) is 19.9. The van der Waals surface area contributed by atoms with Gasteiger partial charge in [0, 0.05) is 6.54 Å². The molecule has 2 N–H and O–H groups in total. The van der Waals surface area contributed by atoms with Gasteiger partial charge in [0.25, 0.3) is 0 Å². The van der Waals surface area contributed by atoms with Crippen LogP contribution in [0.5, 0.6) is 0 Å². The molecule has 0 amide bonds. The molecule has 4 nitrogen and oxygen atoms in total. The summed E-state index contributed by atoms with van der Waals surface area (Å²) in [5, 5.41) is 2.88. The molecular formula is C15H13F4IN2O2S. The van der Waals surface area contributed by atoms with Crippen LogP contribution in [-0.4, -0.2) is 15.5 Å². The van der Waals surface area contributed by atoms with Crippen molar-refractivity contribution >= 4 is 38.3 Å². The predicted molar refractivity (Wildman–Crippen MR) is 94.1 cm³/mol. The molecule has 25 heavy (non-hydrogen) atoms. The van der Waals surface area contributed by atoms with E-state index in [0.717, 1.165) is 18.2 Å². The van der Waals surface area contributed by atoms with Crippen LogP contribution in [-0.2, 0) is 22.7 Å². The summed E-state index contributed by atoms with van der Waals surface area (Å²) in [6, 6.07) is 7.09. The summed E-state index contributed by atoms with van der Waals surface area (Å²) in [6.07, 6.45) is -4.40.